The fourth-order valence-corrected chi connectivity index (χ4v) is 3.52. The molecule has 0 aromatic heterocycles. The number of fused-ring (bicyclic) bond motifs is 1. The zero-order valence-corrected chi connectivity index (χ0v) is 16.1. The predicted octanol–water partition coefficient (Wildman–Crippen LogP) is 2.25. The lowest BCUT2D eigenvalue weighted by Crippen LogP contribution is -2.47. The van der Waals surface area contributed by atoms with Crippen molar-refractivity contribution in [3.8, 4) is 0 Å². The summed E-state index contributed by atoms with van der Waals surface area (Å²) in [6.07, 6.45) is 3.84. The third-order valence-electron chi connectivity index (χ3n) is 5.20. The van der Waals surface area contributed by atoms with Crippen LogP contribution in [0.5, 0.6) is 0 Å². The van der Waals surface area contributed by atoms with Gasteiger partial charge in [0.05, 0.1) is 6.54 Å². The van der Waals surface area contributed by atoms with Gasteiger partial charge in [0.2, 0.25) is 5.91 Å². The molecule has 0 saturated heterocycles. The molecule has 1 heterocycles. The number of para-hydroxylation sites is 1. The van der Waals surface area contributed by atoms with Crippen molar-refractivity contribution >= 4 is 29.1 Å². The third kappa shape index (κ3) is 4.74. The van der Waals surface area contributed by atoms with Crippen molar-refractivity contribution in [2.45, 2.75) is 25.7 Å². The highest BCUT2D eigenvalue weighted by molar-refractivity contribution is 5.99. The summed E-state index contributed by atoms with van der Waals surface area (Å²) in [7, 11) is 0. The number of amides is 3. The van der Waals surface area contributed by atoms with E-state index in [2.05, 4.69) is 22.2 Å². The monoisotopic (exact) mass is 392 g/mol. The average Bonchev–Trinajstić information content (AvgIpc) is 3.58. The molecule has 29 heavy (non-hydrogen) atoms. The van der Waals surface area contributed by atoms with E-state index in [1.807, 2.05) is 23.1 Å². The number of hydrogen-bond donors (Lipinski definition) is 3. The van der Waals surface area contributed by atoms with Gasteiger partial charge in [-0.2, -0.15) is 0 Å². The Labute approximate surface area is 169 Å². The van der Waals surface area contributed by atoms with Crippen LogP contribution in [0, 0.1) is 5.92 Å². The first-order valence-corrected chi connectivity index (χ1v) is 9.93. The van der Waals surface area contributed by atoms with Crippen molar-refractivity contribution in [3.63, 3.8) is 0 Å². The molecule has 0 atom stereocenters. The van der Waals surface area contributed by atoms with Crippen LogP contribution in [0.4, 0.5) is 11.4 Å². The quantitative estimate of drug-likeness (QED) is 0.681. The van der Waals surface area contributed by atoms with Crippen LogP contribution in [0.3, 0.4) is 0 Å². The molecule has 0 spiro atoms. The molecule has 0 bridgehead atoms. The summed E-state index contributed by atoms with van der Waals surface area (Å²) in [5.41, 5.74) is 8.17. The molecule has 7 heteroatoms. The first-order valence-electron chi connectivity index (χ1n) is 9.93. The number of hydrogen-bond acceptors (Lipinski definition) is 4. The summed E-state index contributed by atoms with van der Waals surface area (Å²) in [5, 5.41) is 2.81. The number of carbonyl (C=O) groups is 3. The molecule has 3 amide bonds. The molecule has 0 unspecified atom stereocenters. The van der Waals surface area contributed by atoms with Crippen LogP contribution >= 0.6 is 0 Å². The van der Waals surface area contributed by atoms with Gasteiger partial charge < -0.3 is 10.2 Å². The number of nitrogens with one attached hydrogen (secondary N) is 3. The van der Waals surface area contributed by atoms with E-state index in [-0.39, 0.29) is 24.3 Å². The minimum atomic E-state index is -0.431. The molecule has 0 radical (unpaired) electrons. The number of benzene rings is 2. The van der Waals surface area contributed by atoms with Gasteiger partial charge in [0.25, 0.3) is 11.8 Å². The third-order valence-corrected chi connectivity index (χ3v) is 5.20. The van der Waals surface area contributed by atoms with Crippen LogP contribution in [-0.2, 0) is 16.0 Å². The van der Waals surface area contributed by atoms with E-state index in [4.69, 9.17) is 0 Å². The van der Waals surface area contributed by atoms with Crippen molar-refractivity contribution in [2.75, 3.05) is 23.3 Å². The lowest BCUT2D eigenvalue weighted by atomic mass is 10.0. The standard InChI is InChI=1S/C22H24N4O3/c27-20(14-26-12-4-7-15-5-1-2-9-19(15)26)24-25-22(29)17-6-3-8-18(13-17)23-21(28)16-10-11-16/h1-3,5-6,8-9,13,16H,4,7,10-12,14H2,(H,23,28)(H,24,27)(H,25,29). The molecule has 150 valence electrons. The number of carbonyl (C=O) groups excluding carboxylic acids is 3. The predicted molar refractivity (Wildman–Crippen MR) is 110 cm³/mol. The smallest absolute Gasteiger partial charge is 0.269 e. The van der Waals surface area contributed by atoms with E-state index in [9.17, 15) is 14.4 Å². The normalized spacial score (nSPS) is 15.2. The average molecular weight is 392 g/mol. The minimum absolute atomic E-state index is 0.0160. The molecular weight excluding hydrogens is 368 g/mol. The van der Waals surface area contributed by atoms with Crippen molar-refractivity contribution in [1.29, 1.82) is 0 Å². The van der Waals surface area contributed by atoms with Crippen molar-refractivity contribution in [2.24, 2.45) is 5.92 Å². The largest absolute Gasteiger partial charge is 0.362 e. The molecule has 2 aromatic carbocycles. The maximum atomic E-state index is 12.4. The molecule has 1 aliphatic carbocycles. The molecule has 7 nitrogen and oxygen atoms in total. The van der Waals surface area contributed by atoms with E-state index in [1.54, 1.807) is 24.3 Å². The van der Waals surface area contributed by atoms with Crippen LogP contribution in [0.25, 0.3) is 0 Å². The van der Waals surface area contributed by atoms with Gasteiger partial charge in [-0.1, -0.05) is 24.3 Å². The van der Waals surface area contributed by atoms with Crippen LogP contribution in [0.1, 0.15) is 35.2 Å². The van der Waals surface area contributed by atoms with E-state index in [0.717, 1.165) is 37.9 Å². The zero-order chi connectivity index (χ0) is 20.2. The summed E-state index contributed by atoms with van der Waals surface area (Å²) in [6.45, 7) is 0.982. The molecule has 3 N–H and O–H groups in total. The molecular formula is C22H24N4O3. The van der Waals surface area contributed by atoms with Crippen molar-refractivity contribution in [1.82, 2.24) is 10.9 Å². The van der Waals surface area contributed by atoms with E-state index in [0.29, 0.717) is 11.3 Å². The van der Waals surface area contributed by atoms with Gasteiger partial charge >= 0.3 is 0 Å². The summed E-state index contributed by atoms with van der Waals surface area (Å²) in [4.78, 5) is 38.6. The fourth-order valence-electron chi connectivity index (χ4n) is 3.52. The Balaban J connectivity index is 1.30. The van der Waals surface area contributed by atoms with Crippen LogP contribution in [0.15, 0.2) is 48.5 Å². The Bertz CT molecular complexity index is 939. The molecule has 4 rings (SSSR count). The lowest BCUT2D eigenvalue weighted by molar-refractivity contribution is -0.120. The van der Waals surface area contributed by atoms with Gasteiger partial charge in [0.1, 0.15) is 0 Å². The Hall–Kier alpha value is -3.35. The fraction of sp³-hybridized carbons (Fsp3) is 0.318. The van der Waals surface area contributed by atoms with Crippen LogP contribution in [-0.4, -0.2) is 30.8 Å². The first-order chi connectivity index (χ1) is 14.1. The summed E-state index contributed by atoms with van der Waals surface area (Å²) < 4.78 is 0. The second kappa shape index (κ2) is 8.34. The summed E-state index contributed by atoms with van der Waals surface area (Å²) >= 11 is 0. The number of anilines is 2. The highest BCUT2D eigenvalue weighted by Crippen LogP contribution is 2.30. The SMILES string of the molecule is O=C(CN1CCCc2ccccc21)NNC(=O)c1cccc(NC(=O)C2CC2)c1. The van der Waals surface area contributed by atoms with E-state index in [1.165, 1.54) is 5.56 Å². The van der Waals surface area contributed by atoms with Crippen molar-refractivity contribution < 1.29 is 14.4 Å². The van der Waals surface area contributed by atoms with Crippen molar-refractivity contribution in [3.05, 3.63) is 59.7 Å². The Morgan fingerprint density at radius 2 is 1.83 bits per heavy atom. The summed E-state index contributed by atoms with van der Waals surface area (Å²) in [6, 6.07) is 14.7. The molecule has 1 saturated carbocycles. The van der Waals surface area contributed by atoms with Crippen LogP contribution < -0.4 is 21.1 Å². The first kappa shape index (κ1) is 19.0. The number of nitrogens with zero attached hydrogens (tertiary/aromatic N) is 1. The van der Waals surface area contributed by atoms with Crippen LogP contribution in [0.2, 0.25) is 0 Å². The Kier molecular flexibility index (Phi) is 5.46. The van der Waals surface area contributed by atoms with E-state index < -0.39 is 5.91 Å². The molecule has 1 aliphatic heterocycles. The van der Waals surface area contributed by atoms with Gasteiger partial charge in [0, 0.05) is 29.4 Å². The van der Waals surface area contributed by atoms with Gasteiger partial charge in [-0.3, -0.25) is 25.2 Å². The maximum absolute atomic E-state index is 12.4. The highest BCUT2D eigenvalue weighted by atomic mass is 16.2. The van der Waals surface area contributed by atoms with E-state index >= 15 is 0 Å². The lowest BCUT2D eigenvalue weighted by Gasteiger charge is -2.30. The van der Waals surface area contributed by atoms with Gasteiger partial charge in [0.15, 0.2) is 0 Å². The molecule has 2 aliphatic rings. The number of rotatable bonds is 5. The maximum Gasteiger partial charge on any atom is 0.269 e. The second-order valence-electron chi connectivity index (χ2n) is 7.50. The Morgan fingerprint density at radius 3 is 2.66 bits per heavy atom. The second-order valence-corrected chi connectivity index (χ2v) is 7.50. The highest BCUT2D eigenvalue weighted by Gasteiger charge is 2.29. The molecule has 1 fully saturated rings. The minimum Gasteiger partial charge on any atom is -0.362 e. The Morgan fingerprint density at radius 1 is 1.00 bits per heavy atom. The van der Waals surface area contributed by atoms with Gasteiger partial charge in [-0.05, 0) is 55.5 Å². The van der Waals surface area contributed by atoms with Gasteiger partial charge in [-0.15, -0.1) is 0 Å². The summed E-state index contributed by atoms with van der Waals surface area (Å²) in [5.74, 6) is -0.641. The van der Waals surface area contributed by atoms with Gasteiger partial charge in [-0.25, -0.2) is 0 Å². The number of hydrazine groups is 1. The molecule has 2 aromatic rings. The zero-order valence-electron chi connectivity index (χ0n) is 16.1. The topological polar surface area (TPSA) is 90.5 Å². The number of aryl methyl sites for hydroxylation is 1.